The fourth-order valence-corrected chi connectivity index (χ4v) is 1.94. The van der Waals surface area contributed by atoms with E-state index in [0.29, 0.717) is 17.3 Å². The number of ether oxygens (including phenoxy) is 2. The van der Waals surface area contributed by atoms with Crippen molar-refractivity contribution in [3.63, 3.8) is 0 Å². The van der Waals surface area contributed by atoms with Crippen LogP contribution >= 0.6 is 0 Å². The van der Waals surface area contributed by atoms with Crippen LogP contribution in [0.2, 0.25) is 0 Å². The molecule has 2 heterocycles. The van der Waals surface area contributed by atoms with Gasteiger partial charge in [-0.2, -0.15) is 9.61 Å². The Morgan fingerprint density at radius 3 is 2.43 bits per heavy atom. The minimum Gasteiger partial charge on any atom is -0.439 e. The highest BCUT2D eigenvalue weighted by Crippen LogP contribution is 2.28. The second-order valence-electron chi connectivity index (χ2n) is 4.48. The molecule has 2 aromatic heterocycles. The van der Waals surface area contributed by atoms with Gasteiger partial charge in [-0.25, -0.2) is 4.98 Å². The number of hydrogen-bond donors (Lipinski definition) is 1. The number of anilines is 1. The van der Waals surface area contributed by atoms with Crippen LogP contribution in [0.15, 0.2) is 42.7 Å². The van der Waals surface area contributed by atoms with E-state index in [2.05, 4.69) is 20.1 Å². The minimum atomic E-state index is -4.73. The number of alkyl halides is 3. The fourth-order valence-electron chi connectivity index (χ4n) is 1.94. The Labute approximate surface area is 128 Å². The summed E-state index contributed by atoms with van der Waals surface area (Å²) in [5.74, 6) is 0.387. The molecule has 0 saturated heterocycles. The van der Waals surface area contributed by atoms with Crippen molar-refractivity contribution < 1.29 is 22.6 Å². The first-order chi connectivity index (χ1) is 10.9. The number of hydrogen-bond acceptors (Lipinski definition) is 5. The summed E-state index contributed by atoms with van der Waals surface area (Å²) in [6.07, 6.45) is -3.35. The summed E-state index contributed by atoms with van der Waals surface area (Å²) in [6, 6.07) is 8.56. The molecule has 0 unspecified atom stereocenters. The van der Waals surface area contributed by atoms with Gasteiger partial charge in [0.1, 0.15) is 17.8 Å². The van der Waals surface area contributed by atoms with Crippen LogP contribution in [0.5, 0.6) is 17.4 Å². The molecule has 0 bridgehead atoms. The van der Waals surface area contributed by atoms with E-state index in [4.69, 9.17) is 4.74 Å². The number of halogens is 3. The van der Waals surface area contributed by atoms with E-state index < -0.39 is 6.36 Å². The van der Waals surface area contributed by atoms with E-state index in [0.717, 1.165) is 5.69 Å². The highest BCUT2D eigenvalue weighted by molar-refractivity contribution is 5.57. The van der Waals surface area contributed by atoms with Crippen molar-refractivity contribution in [1.82, 2.24) is 14.6 Å². The van der Waals surface area contributed by atoms with Crippen LogP contribution in [0.3, 0.4) is 0 Å². The maximum absolute atomic E-state index is 12.1. The van der Waals surface area contributed by atoms with Gasteiger partial charge in [0.05, 0.1) is 0 Å². The maximum Gasteiger partial charge on any atom is 0.573 e. The third kappa shape index (κ3) is 3.44. The predicted octanol–water partition coefficient (Wildman–Crippen LogP) is 3.46. The average molecular weight is 324 g/mol. The van der Waals surface area contributed by atoms with Crippen LogP contribution in [0.1, 0.15) is 0 Å². The Bertz CT molecular complexity index is 815. The highest BCUT2D eigenvalue weighted by atomic mass is 19.4. The molecule has 23 heavy (non-hydrogen) atoms. The number of aromatic nitrogens is 3. The van der Waals surface area contributed by atoms with E-state index >= 15 is 0 Å². The molecule has 0 saturated carbocycles. The molecule has 0 aliphatic heterocycles. The number of rotatable bonds is 4. The molecule has 3 rings (SSSR count). The molecule has 0 radical (unpaired) electrons. The largest absolute Gasteiger partial charge is 0.573 e. The summed E-state index contributed by atoms with van der Waals surface area (Å²) in [4.78, 5) is 4.07. The van der Waals surface area contributed by atoms with Crippen molar-refractivity contribution in [3.05, 3.63) is 42.7 Å². The predicted molar refractivity (Wildman–Crippen MR) is 75.7 cm³/mol. The molecule has 9 heteroatoms. The van der Waals surface area contributed by atoms with Gasteiger partial charge in [-0.05, 0) is 24.3 Å². The zero-order valence-electron chi connectivity index (χ0n) is 11.8. The second-order valence-corrected chi connectivity index (χ2v) is 4.48. The lowest BCUT2D eigenvalue weighted by molar-refractivity contribution is -0.274. The molecule has 1 N–H and O–H groups in total. The average Bonchev–Trinajstić information content (AvgIpc) is 2.96. The molecule has 0 aliphatic rings. The van der Waals surface area contributed by atoms with E-state index in [1.54, 1.807) is 19.2 Å². The summed E-state index contributed by atoms with van der Waals surface area (Å²) in [6.45, 7) is 0. The Morgan fingerprint density at radius 1 is 1.09 bits per heavy atom. The molecular weight excluding hydrogens is 313 g/mol. The molecule has 0 spiro atoms. The summed E-state index contributed by atoms with van der Waals surface area (Å²) < 4.78 is 47.3. The number of nitrogens with zero attached hydrogens (tertiary/aromatic N) is 3. The SMILES string of the molecule is CNc1cc(Oc2ccc(OC(F)(F)F)cc2)n2ncnc2c1. The molecule has 0 aliphatic carbocycles. The summed E-state index contributed by atoms with van der Waals surface area (Å²) in [5.41, 5.74) is 1.33. The quantitative estimate of drug-likeness (QED) is 0.796. The zero-order chi connectivity index (χ0) is 16.4. The molecule has 0 amide bonds. The summed E-state index contributed by atoms with van der Waals surface area (Å²) in [7, 11) is 1.75. The van der Waals surface area contributed by atoms with Gasteiger partial charge >= 0.3 is 6.36 Å². The van der Waals surface area contributed by atoms with Crippen molar-refractivity contribution in [1.29, 1.82) is 0 Å². The lowest BCUT2D eigenvalue weighted by Crippen LogP contribution is -2.16. The van der Waals surface area contributed by atoms with Gasteiger partial charge in [-0.1, -0.05) is 0 Å². The second kappa shape index (κ2) is 5.67. The van der Waals surface area contributed by atoms with Crippen molar-refractivity contribution in [2.24, 2.45) is 0 Å². The number of benzene rings is 1. The first-order valence-electron chi connectivity index (χ1n) is 6.50. The van der Waals surface area contributed by atoms with E-state index in [-0.39, 0.29) is 5.75 Å². The Kier molecular flexibility index (Phi) is 3.68. The van der Waals surface area contributed by atoms with Gasteiger partial charge in [-0.3, -0.25) is 0 Å². The molecule has 0 fully saturated rings. The smallest absolute Gasteiger partial charge is 0.439 e. The zero-order valence-corrected chi connectivity index (χ0v) is 11.8. The van der Waals surface area contributed by atoms with E-state index in [1.165, 1.54) is 35.1 Å². The van der Waals surface area contributed by atoms with Crippen LogP contribution in [0.25, 0.3) is 5.65 Å². The normalized spacial score (nSPS) is 11.5. The molecule has 6 nitrogen and oxygen atoms in total. The third-order valence-electron chi connectivity index (χ3n) is 2.91. The lowest BCUT2D eigenvalue weighted by atomic mass is 10.3. The Balaban J connectivity index is 1.86. The van der Waals surface area contributed by atoms with Crippen LogP contribution in [0, 0.1) is 0 Å². The molecular formula is C14H11F3N4O2. The first kappa shape index (κ1) is 14.9. The van der Waals surface area contributed by atoms with Gasteiger partial charge in [0.25, 0.3) is 0 Å². The lowest BCUT2D eigenvalue weighted by Gasteiger charge is -2.11. The first-order valence-corrected chi connectivity index (χ1v) is 6.50. The highest BCUT2D eigenvalue weighted by Gasteiger charge is 2.31. The van der Waals surface area contributed by atoms with Crippen molar-refractivity contribution in [2.75, 3.05) is 12.4 Å². The van der Waals surface area contributed by atoms with Crippen LogP contribution in [-0.4, -0.2) is 28.0 Å². The Hall–Kier alpha value is -2.97. The van der Waals surface area contributed by atoms with Gasteiger partial charge in [0.2, 0.25) is 5.88 Å². The van der Waals surface area contributed by atoms with E-state index in [9.17, 15) is 13.2 Å². The number of fused-ring (bicyclic) bond motifs is 1. The fraction of sp³-hybridized carbons (Fsp3) is 0.143. The van der Waals surface area contributed by atoms with Crippen molar-refractivity contribution in [3.8, 4) is 17.4 Å². The van der Waals surface area contributed by atoms with Crippen LogP contribution in [-0.2, 0) is 0 Å². The van der Waals surface area contributed by atoms with Gasteiger partial charge in [0, 0.05) is 24.9 Å². The van der Waals surface area contributed by atoms with Crippen LogP contribution in [0.4, 0.5) is 18.9 Å². The summed E-state index contributed by atoms with van der Waals surface area (Å²) in [5, 5.41) is 7.00. The van der Waals surface area contributed by atoms with Crippen molar-refractivity contribution >= 4 is 11.3 Å². The van der Waals surface area contributed by atoms with Gasteiger partial charge in [0.15, 0.2) is 5.65 Å². The van der Waals surface area contributed by atoms with Crippen LogP contribution < -0.4 is 14.8 Å². The molecule has 0 atom stereocenters. The maximum atomic E-state index is 12.1. The monoisotopic (exact) mass is 324 g/mol. The number of pyridine rings is 1. The third-order valence-corrected chi connectivity index (χ3v) is 2.91. The van der Waals surface area contributed by atoms with Gasteiger partial charge < -0.3 is 14.8 Å². The van der Waals surface area contributed by atoms with E-state index in [1.807, 2.05) is 0 Å². The number of nitrogens with one attached hydrogen (secondary N) is 1. The molecule has 120 valence electrons. The topological polar surface area (TPSA) is 60.7 Å². The standard InChI is InChI=1S/C14H11F3N4O2/c1-18-9-6-12-19-8-20-21(12)13(7-9)22-10-2-4-11(5-3-10)23-14(15,16)17/h2-8,18H,1H3. The van der Waals surface area contributed by atoms with Crippen molar-refractivity contribution in [2.45, 2.75) is 6.36 Å². The minimum absolute atomic E-state index is 0.320. The Morgan fingerprint density at radius 2 is 1.78 bits per heavy atom. The molecule has 1 aromatic carbocycles. The molecule has 3 aromatic rings. The van der Waals surface area contributed by atoms with Gasteiger partial charge in [-0.15, -0.1) is 13.2 Å². The summed E-state index contributed by atoms with van der Waals surface area (Å²) >= 11 is 0.